The summed E-state index contributed by atoms with van der Waals surface area (Å²) in [5.41, 5.74) is 2.78. The van der Waals surface area contributed by atoms with Crippen molar-refractivity contribution in [1.82, 2.24) is 15.3 Å². The Bertz CT molecular complexity index is 1070. The molecule has 0 unspecified atom stereocenters. The summed E-state index contributed by atoms with van der Waals surface area (Å²) in [6.07, 6.45) is 3.17. The minimum atomic E-state index is -3.43. The molecule has 0 aliphatic carbocycles. The van der Waals surface area contributed by atoms with E-state index >= 15 is 0 Å². The van der Waals surface area contributed by atoms with Crippen LogP contribution in [0.2, 0.25) is 0 Å². The summed E-state index contributed by atoms with van der Waals surface area (Å²) in [4.78, 5) is 8.04. The maximum atomic E-state index is 14.5. The molecule has 0 saturated carbocycles. The lowest BCUT2D eigenvalue weighted by atomic mass is 9.98. The van der Waals surface area contributed by atoms with Crippen molar-refractivity contribution < 1.29 is 12.8 Å². The Morgan fingerprint density at radius 3 is 2.58 bits per heavy atom. The lowest BCUT2D eigenvalue weighted by molar-refractivity contribution is 0.448. The van der Waals surface area contributed by atoms with E-state index in [0.717, 1.165) is 55.1 Å². The highest BCUT2D eigenvalue weighted by Gasteiger charge is 2.19. The average molecular weight is 373 g/mol. The number of H-pyrrole nitrogens is 1. The van der Waals surface area contributed by atoms with Gasteiger partial charge in [-0.05, 0) is 55.8 Å². The summed E-state index contributed by atoms with van der Waals surface area (Å²) in [5.74, 6) is 0.842. The fourth-order valence-corrected chi connectivity index (χ4v) is 4.08. The van der Waals surface area contributed by atoms with Crippen molar-refractivity contribution in [2.75, 3.05) is 19.3 Å². The van der Waals surface area contributed by atoms with E-state index in [-0.39, 0.29) is 4.90 Å². The summed E-state index contributed by atoms with van der Waals surface area (Å²) in [7, 11) is -3.43. The Kier molecular flexibility index (Phi) is 4.28. The van der Waals surface area contributed by atoms with Crippen molar-refractivity contribution in [2.45, 2.75) is 23.7 Å². The molecule has 0 bridgehead atoms. The molecule has 1 aliphatic rings. The molecule has 4 rings (SSSR count). The molecule has 2 aromatic carbocycles. The average Bonchev–Trinajstić information content (AvgIpc) is 3.05. The number of aromatic nitrogens is 2. The van der Waals surface area contributed by atoms with Gasteiger partial charge in [0.1, 0.15) is 11.6 Å². The topological polar surface area (TPSA) is 74.8 Å². The van der Waals surface area contributed by atoms with Crippen molar-refractivity contribution in [3.8, 4) is 11.1 Å². The molecule has 2 N–H and O–H groups in total. The van der Waals surface area contributed by atoms with Crippen LogP contribution >= 0.6 is 0 Å². The van der Waals surface area contributed by atoms with Crippen LogP contribution in [0.5, 0.6) is 0 Å². The van der Waals surface area contributed by atoms with E-state index in [2.05, 4.69) is 15.3 Å². The van der Waals surface area contributed by atoms with Crippen molar-refractivity contribution in [2.24, 2.45) is 0 Å². The maximum Gasteiger partial charge on any atom is 0.175 e. The Morgan fingerprint density at radius 2 is 1.88 bits per heavy atom. The van der Waals surface area contributed by atoms with Gasteiger partial charge in [0.25, 0.3) is 0 Å². The highest BCUT2D eigenvalue weighted by molar-refractivity contribution is 7.90. The van der Waals surface area contributed by atoms with Crippen LogP contribution in [0.25, 0.3) is 22.2 Å². The van der Waals surface area contributed by atoms with Crippen LogP contribution in [-0.2, 0) is 9.84 Å². The number of hydrogen-bond acceptors (Lipinski definition) is 4. The number of aromatic amines is 1. The van der Waals surface area contributed by atoms with Gasteiger partial charge in [0.2, 0.25) is 0 Å². The van der Waals surface area contributed by atoms with Crippen molar-refractivity contribution in [3.63, 3.8) is 0 Å². The predicted molar refractivity (Wildman–Crippen MR) is 99.4 cm³/mol. The number of sulfone groups is 1. The van der Waals surface area contributed by atoms with E-state index in [1.165, 1.54) is 12.1 Å². The number of nitrogens with zero attached hydrogens (tertiary/aromatic N) is 1. The first-order valence-corrected chi connectivity index (χ1v) is 10.5. The number of rotatable bonds is 3. The summed E-state index contributed by atoms with van der Waals surface area (Å²) in [6.45, 7) is 1.98. The smallest absolute Gasteiger partial charge is 0.175 e. The molecule has 26 heavy (non-hydrogen) atoms. The second-order valence-corrected chi connectivity index (χ2v) is 8.81. The van der Waals surface area contributed by atoms with Crippen LogP contribution in [0.4, 0.5) is 4.39 Å². The quantitative estimate of drug-likeness (QED) is 0.739. The molecule has 5 nitrogen and oxygen atoms in total. The molecule has 0 spiro atoms. The lowest BCUT2D eigenvalue weighted by Gasteiger charge is -2.20. The second kappa shape index (κ2) is 6.48. The first kappa shape index (κ1) is 17.2. The number of benzene rings is 2. The highest BCUT2D eigenvalue weighted by Crippen LogP contribution is 2.30. The van der Waals surface area contributed by atoms with E-state index < -0.39 is 15.7 Å². The largest absolute Gasteiger partial charge is 0.342 e. The van der Waals surface area contributed by atoms with Crippen LogP contribution in [0.3, 0.4) is 0 Å². The number of imidazole rings is 1. The number of hydrogen-bond donors (Lipinski definition) is 2. The molecule has 2 heterocycles. The molecule has 0 atom stereocenters. The molecule has 7 heteroatoms. The summed E-state index contributed by atoms with van der Waals surface area (Å²) < 4.78 is 37.6. The van der Waals surface area contributed by atoms with Crippen LogP contribution in [0.1, 0.15) is 24.6 Å². The second-order valence-electron chi connectivity index (χ2n) is 6.79. The highest BCUT2D eigenvalue weighted by atomic mass is 32.2. The van der Waals surface area contributed by atoms with Gasteiger partial charge in [-0.2, -0.15) is 0 Å². The monoisotopic (exact) mass is 373 g/mol. The molecular weight excluding hydrogens is 353 g/mol. The van der Waals surface area contributed by atoms with Gasteiger partial charge in [0.15, 0.2) is 9.84 Å². The van der Waals surface area contributed by atoms with Crippen LogP contribution < -0.4 is 5.32 Å². The summed E-state index contributed by atoms with van der Waals surface area (Å²) >= 11 is 0. The van der Waals surface area contributed by atoms with Gasteiger partial charge in [-0.3, -0.25) is 0 Å². The third-order valence-electron chi connectivity index (χ3n) is 4.91. The van der Waals surface area contributed by atoms with Crippen LogP contribution in [-0.4, -0.2) is 37.7 Å². The van der Waals surface area contributed by atoms with E-state index in [9.17, 15) is 12.8 Å². The fourth-order valence-electron chi connectivity index (χ4n) is 3.45. The lowest BCUT2D eigenvalue weighted by Crippen LogP contribution is -2.27. The Balaban J connectivity index is 1.71. The van der Waals surface area contributed by atoms with E-state index in [1.807, 2.05) is 18.2 Å². The SMILES string of the molecule is CS(=O)(=O)c1ccc(-c2ccc3nc(C4CCNCC4)[nH]c3c2)c(F)c1. The van der Waals surface area contributed by atoms with E-state index in [0.29, 0.717) is 17.0 Å². The minimum Gasteiger partial charge on any atom is -0.342 e. The first-order chi connectivity index (χ1) is 12.4. The Labute approximate surface area is 151 Å². The molecule has 0 radical (unpaired) electrons. The van der Waals surface area contributed by atoms with Gasteiger partial charge < -0.3 is 10.3 Å². The zero-order valence-corrected chi connectivity index (χ0v) is 15.2. The zero-order valence-electron chi connectivity index (χ0n) is 14.4. The number of piperidine rings is 1. The summed E-state index contributed by atoms with van der Waals surface area (Å²) in [5, 5.41) is 3.34. The molecule has 1 fully saturated rings. The van der Waals surface area contributed by atoms with Gasteiger partial charge in [-0.15, -0.1) is 0 Å². The van der Waals surface area contributed by atoms with E-state index in [4.69, 9.17) is 0 Å². The number of fused-ring (bicyclic) bond motifs is 1. The third kappa shape index (κ3) is 3.24. The van der Waals surface area contributed by atoms with E-state index in [1.54, 1.807) is 0 Å². The number of nitrogens with one attached hydrogen (secondary N) is 2. The zero-order chi connectivity index (χ0) is 18.3. The van der Waals surface area contributed by atoms with Gasteiger partial charge >= 0.3 is 0 Å². The third-order valence-corrected chi connectivity index (χ3v) is 6.02. The molecule has 1 saturated heterocycles. The van der Waals surface area contributed by atoms with Crippen molar-refractivity contribution in [3.05, 3.63) is 48.0 Å². The molecule has 1 aliphatic heterocycles. The Morgan fingerprint density at radius 1 is 1.12 bits per heavy atom. The van der Waals surface area contributed by atoms with Gasteiger partial charge in [0.05, 0.1) is 15.9 Å². The van der Waals surface area contributed by atoms with Crippen molar-refractivity contribution in [1.29, 1.82) is 0 Å². The molecule has 136 valence electrons. The van der Waals surface area contributed by atoms with Gasteiger partial charge in [0, 0.05) is 17.7 Å². The molecule has 0 amide bonds. The number of halogens is 1. The fraction of sp³-hybridized carbons (Fsp3) is 0.316. The molecule has 3 aromatic rings. The van der Waals surface area contributed by atoms with Gasteiger partial charge in [-0.1, -0.05) is 12.1 Å². The van der Waals surface area contributed by atoms with Crippen molar-refractivity contribution >= 4 is 20.9 Å². The Hall–Kier alpha value is -2.25. The first-order valence-electron chi connectivity index (χ1n) is 8.62. The molecule has 1 aromatic heterocycles. The van der Waals surface area contributed by atoms with Crippen LogP contribution in [0, 0.1) is 5.82 Å². The van der Waals surface area contributed by atoms with Gasteiger partial charge in [-0.25, -0.2) is 17.8 Å². The predicted octanol–water partition coefficient (Wildman–Crippen LogP) is 3.24. The summed E-state index contributed by atoms with van der Waals surface area (Å²) in [6, 6.07) is 9.57. The molecular formula is C19H20FN3O2S. The maximum absolute atomic E-state index is 14.5. The van der Waals surface area contributed by atoms with Crippen LogP contribution in [0.15, 0.2) is 41.3 Å². The minimum absolute atomic E-state index is 0.0189. The normalized spacial score (nSPS) is 16.2. The standard InChI is InChI=1S/C19H20FN3O2S/c1-26(24,25)14-3-4-15(16(20)11-14)13-2-5-17-18(10-13)23-19(22-17)12-6-8-21-9-7-12/h2-5,10-12,21H,6-9H2,1H3,(H,22,23).